The number of rotatable bonds is 6. The summed E-state index contributed by atoms with van der Waals surface area (Å²) in [6, 6.07) is 5.88. The van der Waals surface area contributed by atoms with Crippen LogP contribution in [0, 0.1) is 23.2 Å². The first-order valence-corrected chi connectivity index (χ1v) is 11.9. The topological polar surface area (TPSA) is 88.0 Å². The molecule has 0 spiro atoms. The van der Waals surface area contributed by atoms with E-state index >= 15 is 0 Å². The summed E-state index contributed by atoms with van der Waals surface area (Å²) in [5, 5.41) is 10.7. The number of carbonyl (C=O) groups excluding carboxylic acids is 1. The van der Waals surface area contributed by atoms with Gasteiger partial charge in [0.15, 0.2) is 5.16 Å². The van der Waals surface area contributed by atoms with E-state index in [1.54, 1.807) is 11.8 Å². The highest BCUT2D eigenvalue weighted by molar-refractivity contribution is 7.98. The minimum absolute atomic E-state index is 0.149. The third-order valence-corrected chi connectivity index (χ3v) is 8.17. The first kappa shape index (κ1) is 18.4. The van der Waals surface area contributed by atoms with Crippen molar-refractivity contribution in [2.75, 3.05) is 5.32 Å². The van der Waals surface area contributed by atoms with Crippen LogP contribution in [0.2, 0.25) is 0 Å². The SMILES string of the molecule is O=C(CC12CC3CC(CC(C3)C1)C2)Nc1cccc2nc(CSc3ncn[nH]3)cn12. The van der Waals surface area contributed by atoms with E-state index in [4.69, 9.17) is 0 Å². The first-order chi connectivity index (χ1) is 14.6. The van der Waals surface area contributed by atoms with Crippen molar-refractivity contribution in [3.8, 4) is 0 Å². The van der Waals surface area contributed by atoms with Gasteiger partial charge in [-0.05, 0) is 73.8 Å². The fourth-order valence-corrected chi connectivity index (χ4v) is 7.34. The Hall–Kier alpha value is -2.35. The zero-order valence-electron chi connectivity index (χ0n) is 16.9. The van der Waals surface area contributed by atoms with E-state index in [1.807, 2.05) is 28.8 Å². The molecule has 30 heavy (non-hydrogen) atoms. The lowest BCUT2D eigenvalue weighted by atomic mass is 9.49. The molecule has 3 aromatic heterocycles. The summed E-state index contributed by atoms with van der Waals surface area (Å²) in [6.07, 6.45) is 12.1. The number of amides is 1. The van der Waals surface area contributed by atoms with E-state index in [0.717, 1.165) is 40.1 Å². The average Bonchev–Trinajstić information content (AvgIpc) is 3.34. The number of hydrogen-bond acceptors (Lipinski definition) is 5. The molecule has 7 rings (SSSR count). The maximum Gasteiger partial charge on any atom is 0.226 e. The van der Waals surface area contributed by atoms with Gasteiger partial charge in [0.05, 0.1) is 5.69 Å². The molecule has 0 unspecified atom stereocenters. The van der Waals surface area contributed by atoms with Crippen LogP contribution in [0.1, 0.15) is 50.6 Å². The van der Waals surface area contributed by atoms with Gasteiger partial charge in [-0.2, -0.15) is 5.10 Å². The molecule has 7 nitrogen and oxygen atoms in total. The van der Waals surface area contributed by atoms with Gasteiger partial charge in [-0.1, -0.05) is 17.8 Å². The predicted octanol–water partition coefficient (Wildman–Crippen LogP) is 4.29. The van der Waals surface area contributed by atoms with Crippen LogP contribution in [-0.2, 0) is 10.5 Å². The van der Waals surface area contributed by atoms with Crippen LogP contribution in [0.5, 0.6) is 0 Å². The van der Waals surface area contributed by atoms with Gasteiger partial charge in [0.25, 0.3) is 0 Å². The second-order valence-corrected chi connectivity index (χ2v) is 10.6. The van der Waals surface area contributed by atoms with E-state index in [2.05, 4.69) is 25.5 Å². The van der Waals surface area contributed by atoms with E-state index in [-0.39, 0.29) is 11.3 Å². The summed E-state index contributed by atoms with van der Waals surface area (Å²) in [6.45, 7) is 0. The number of aromatic amines is 1. The molecule has 4 saturated carbocycles. The van der Waals surface area contributed by atoms with Crippen LogP contribution >= 0.6 is 11.8 Å². The normalized spacial score (nSPS) is 29.5. The highest BCUT2D eigenvalue weighted by Gasteiger charge is 2.51. The molecule has 0 aliphatic heterocycles. The predicted molar refractivity (Wildman–Crippen MR) is 115 cm³/mol. The van der Waals surface area contributed by atoms with Gasteiger partial charge in [0.2, 0.25) is 5.91 Å². The Morgan fingerprint density at radius 3 is 2.67 bits per heavy atom. The standard InChI is InChI=1S/C22H26N6OS/c29-20(10-22-7-14-4-15(8-22)6-16(5-14)9-22)26-19-3-1-2-18-25-17(11-28(18)19)12-30-21-23-13-24-27-21/h1-3,11,13-16H,4-10,12H2,(H,26,29)(H,23,24,27). The van der Waals surface area contributed by atoms with Crippen LogP contribution in [0.15, 0.2) is 35.9 Å². The Bertz CT molecular complexity index is 1040. The summed E-state index contributed by atoms with van der Waals surface area (Å²) < 4.78 is 1.98. The fraction of sp³-hybridized carbons (Fsp3) is 0.545. The van der Waals surface area contributed by atoms with E-state index in [0.29, 0.717) is 12.2 Å². The third kappa shape index (κ3) is 3.41. The monoisotopic (exact) mass is 422 g/mol. The number of aromatic nitrogens is 5. The number of carbonyl (C=O) groups is 1. The maximum atomic E-state index is 13.1. The molecule has 0 aromatic carbocycles. The molecule has 4 fully saturated rings. The van der Waals surface area contributed by atoms with Crippen molar-refractivity contribution in [3.05, 3.63) is 36.4 Å². The molecular weight excluding hydrogens is 396 g/mol. The second-order valence-electron chi connectivity index (χ2n) is 9.59. The molecule has 4 aliphatic carbocycles. The lowest BCUT2D eigenvalue weighted by Crippen LogP contribution is -2.47. The van der Waals surface area contributed by atoms with Crippen LogP contribution in [0.25, 0.3) is 5.65 Å². The van der Waals surface area contributed by atoms with Crippen LogP contribution < -0.4 is 5.32 Å². The largest absolute Gasteiger partial charge is 0.312 e. The van der Waals surface area contributed by atoms with Gasteiger partial charge in [-0.25, -0.2) is 9.97 Å². The summed E-state index contributed by atoms with van der Waals surface area (Å²) >= 11 is 1.56. The zero-order valence-corrected chi connectivity index (χ0v) is 17.7. The molecule has 0 atom stereocenters. The highest BCUT2D eigenvalue weighted by atomic mass is 32.2. The number of hydrogen-bond donors (Lipinski definition) is 2. The lowest BCUT2D eigenvalue weighted by Gasteiger charge is -2.56. The van der Waals surface area contributed by atoms with Crippen molar-refractivity contribution in [3.63, 3.8) is 0 Å². The Labute approximate surface area is 179 Å². The number of thioether (sulfide) groups is 1. The zero-order chi connectivity index (χ0) is 20.1. The van der Waals surface area contributed by atoms with Gasteiger partial charge < -0.3 is 5.32 Å². The molecular formula is C22H26N6OS. The smallest absolute Gasteiger partial charge is 0.226 e. The number of nitrogens with zero attached hydrogens (tertiary/aromatic N) is 4. The molecule has 3 aromatic rings. The summed E-state index contributed by atoms with van der Waals surface area (Å²) in [5.41, 5.74) is 2.04. The summed E-state index contributed by atoms with van der Waals surface area (Å²) in [5.74, 6) is 4.24. The lowest BCUT2D eigenvalue weighted by molar-refractivity contribution is -0.124. The van der Waals surface area contributed by atoms with E-state index in [1.165, 1.54) is 44.9 Å². The van der Waals surface area contributed by atoms with Crippen molar-refractivity contribution in [2.45, 2.75) is 55.9 Å². The van der Waals surface area contributed by atoms with Crippen molar-refractivity contribution in [1.29, 1.82) is 0 Å². The van der Waals surface area contributed by atoms with Gasteiger partial charge in [-0.15, -0.1) is 0 Å². The molecule has 1 amide bonds. The van der Waals surface area contributed by atoms with Gasteiger partial charge >= 0.3 is 0 Å². The molecule has 8 heteroatoms. The minimum Gasteiger partial charge on any atom is -0.312 e. The van der Waals surface area contributed by atoms with E-state index < -0.39 is 0 Å². The Morgan fingerprint density at radius 1 is 1.20 bits per heavy atom. The van der Waals surface area contributed by atoms with Crippen molar-refractivity contribution >= 4 is 29.1 Å². The van der Waals surface area contributed by atoms with Gasteiger partial charge in [-0.3, -0.25) is 14.3 Å². The van der Waals surface area contributed by atoms with Crippen LogP contribution in [-0.4, -0.2) is 30.5 Å². The quantitative estimate of drug-likeness (QED) is 0.579. The van der Waals surface area contributed by atoms with Gasteiger partial charge in [0, 0.05) is 18.4 Å². The molecule has 2 N–H and O–H groups in total. The summed E-state index contributed by atoms with van der Waals surface area (Å²) in [4.78, 5) is 21.9. The fourth-order valence-electron chi connectivity index (χ4n) is 6.67. The molecule has 4 aliphatic rings. The Balaban J connectivity index is 1.17. The number of pyridine rings is 1. The number of imidazole rings is 1. The number of nitrogens with one attached hydrogen (secondary N) is 2. The first-order valence-electron chi connectivity index (χ1n) is 10.9. The molecule has 0 saturated heterocycles. The number of fused-ring (bicyclic) bond motifs is 1. The van der Waals surface area contributed by atoms with Crippen LogP contribution in [0.3, 0.4) is 0 Å². The number of anilines is 1. The summed E-state index contributed by atoms with van der Waals surface area (Å²) in [7, 11) is 0. The molecule has 0 radical (unpaired) electrons. The van der Waals surface area contributed by atoms with E-state index in [9.17, 15) is 4.79 Å². The Morgan fingerprint density at radius 2 is 1.97 bits per heavy atom. The minimum atomic E-state index is 0.149. The molecule has 4 bridgehead atoms. The third-order valence-electron chi connectivity index (χ3n) is 7.26. The molecule has 156 valence electrons. The second kappa shape index (κ2) is 7.11. The highest BCUT2D eigenvalue weighted by Crippen LogP contribution is 2.61. The van der Waals surface area contributed by atoms with Gasteiger partial charge in [0.1, 0.15) is 17.8 Å². The van der Waals surface area contributed by atoms with Crippen molar-refractivity contribution in [1.82, 2.24) is 24.6 Å². The maximum absolute atomic E-state index is 13.1. The van der Waals surface area contributed by atoms with Crippen molar-refractivity contribution in [2.24, 2.45) is 23.2 Å². The molecule has 3 heterocycles. The average molecular weight is 423 g/mol. The number of H-pyrrole nitrogens is 1. The van der Waals surface area contributed by atoms with Crippen LogP contribution in [0.4, 0.5) is 5.82 Å². The van der Waals surface area contributed by atoms with Crippen molar-refractivity contribution < 1.29 is 4.79 Å². The Kier molecular flexibility index (Phi) is 4.37.